The second-order valence-corrected chi connectivity index (χ2v) is 8.40. The number of halogens is 7. The van der Waals surface area contributed by atoms with E-state index in [-0.39, 0.29) is 41.1 Å². The van der Waals surface area contributed by atoms with E-state index >= 15 is 0 Å². The van der Waals surface area contributed by atoms with Gasteiger partial charge in [0.2, 0.25) is 0 Å². The van der Waals surface area contributed by atoms with Crippen molar-refractivity contribution in [2.75, 3.05) is 11.3 Å². The number of sulfonamides is 1. The maximum absolute atomic E-state index is 13.9. The standard InChI is InChI=1S/C17H15F7N2O3S/c18-12-6-10(2-4-14(12)29-8-16(19,20)21)26-30(27,28)15-7-25-13-5-9(17(22,23)24)1-3-11(13)15/h2,4,6-7,9,25-26H,1,3,5,8H2. The van der Waals surface area contributed by atoms with Crippen LogP contribution in [-0.4, -0.2) is 32.4 Å². The Labute approximate surface area is 166 Å². The van der Waals surface area contributed by atoms with Gasteiger partial charge in [-0.1, -0.05) is 0 Å². The zero-order valence-corrected chi connectivity index (χ0v) is 15.8. The summed E-state index contributed by atoms with van der Waals surface area (Å²) in [5.41, 5.74) is 0.0883. The lowest BCUT2D eigenvalue weighted by molar-refractivity contribution is -0.177. The van der Waals surface area contributed by atoms with Gasteiger partial charge in [0, 0.05) is 18.0 Å². The number of H-pyrrole nitrogens is 1. The zero-order chi connectivity index (χ0) is 22.3. The van der Waals surface area contributed by atoms with Gasteiger partial charge in [-0.3, -0.25) is 4.72 Å². The van der Waals surface area contributed by atoms with Crippen molar-refractivity contribution in [3.05, 3.63) is 41.5 Å². The van der Waals surface area contributed by atoms with Gasteiger partial charge < -0.3 is 9.72 Å². The monoisotopic (exact) mass is 460 g/mol. The van der Waals surface area contributed by atoms with Crippen molar-refractivity contribution in [2.24, 2.45) is 5.92 Å². The molecule has 1 aromatic heterocycles. The maximum atomic E-state index is 13.9. The molecule has 13 heteroatoms. The highest BCUT2D eigenvalue weighted by atomic mass is 32.2. The lowest BCUT2D eigenvalue weighted by Gasteiger charge is -2.25. The molecule has 0 amide bonds. The van der Waals surface area contributed by atoms with Crippen LogP contribution in [0.4, 0.5) is 36.4 Å². The number of aromatic nitrogens is 1. The summed E-state index contributed by atoms with van der Waals surface area (Å²) in [5, 5.41) is 0. The normalized spacial score (nSPS) is 17.5. The van der Waals surface area contributed by atoms with Crippen molar-refractivity contribution in [3.8, 4) is 5.75 Å². The average molecular weight is 460 g/mol. The summed E-state index contributed by atoms with van der Waals surface area (Å²) >= 11 is 0. The van der Waals surface area contributed by atoms with Crippen molar-refractivity contribution in [3.63, 3.8) is 0 Å². The Balaban J connectivity index is 1.77. The maximum Gasteiger partial charge on any atom is 0.422 e. The van der Waals surface area contributed by atoms with Gasteiger partial charge in [-0.2, -0.15) is 26.3 Å². The Hall–Kier alpha value is -2.44. The van der Waals surface area contributed by atoms with Gasteiger partial charge in [0.1, 0.15) is 4.90 Å². The summed E-state index contributed by atoms with van der Waals surface area (Å²) in [6.07, 6.45) is -8.77. The highest BCUT2D eigenvalue weighted by molar-refractivity contribution is 7.92. The van der Waals surface area contributed by atoms with E-state index in [0.717, 1.165) is 18.3 Å². The van der Waals surface area contributed by atoms with Gasteiger partial charge in [0.05, 0.1) is 11.6 Å². The number of alkyl halides is 6. The lowest BCUT2D eigenvalue weighted by atomic mass is 9.87. The molecule has 0 bridgehead atoms. The molecule has 1 unspecified atom stereocenters. The van der Waals surface area contributed by atoms with Gasteiger partial charge >= 0.3 is 12.4 Å². The summed E-state index contributed by atoms with van der Waals surface area (Å²) < 4.78 is 121. The molecule has 1 aromatic carbocycles. The van der Waals surface area contributed by atoms with Crippen molar-refractivity contribution in [1.29, 1.82) is 0 Å². The van der Waals surface area contributed by atoms with E-state index in [1.165, 1.54) is 0 Å². The molecule has 1 atom stereocenters. The molecule has 0 saturated heterocycles. The Morgan fingerprint density at radius 3 is 2.47 bits per heavy atom. The number of aromatic amines is 1. The van der Waals surface area contributed by atoms with Crippen molar-refractivity contribution in [1.82, 2.24) is 4.98 Å². The third-order valence-electron chi connectivity index (χ3n) is 4.56. The van der Waals surface area contributed by atoms with Gasteiger partial charge in [-0.15, -0.1) is 0 Å². The van der Waals surface area contributed by atoms with E-state index in [1.807, 2.05) is 0 Å². The van der Waals surface area contributed by atoms with Crippen LogP contribution in [0, 0.1) is 11.7 Å². The molecule has 3 rings (SSSR count). The number of nitrogens with one attached hydrogen (secondary N) is 2. The highest BCUT2D eigenvalue weighted by Crippen LogP contribution is 2.39. The SMILES string of the molecule is O=S(=O)(Nc1ccc(OCC(F)(F)F)c(F)c1)c1c[nH]c2c1CCC(C(F)(F)F)C2. The Morgan fingerprint density at radius 2 is 1.87 bits per heavy atom. The molecular formula is C17H15F7N2O3S. The molecule has 1 aliphatic rings. The summed E-state index contributed by atoms with van der Waals surface area (Å²) in [5.74, 6) is -3.51. The van der Waals surface area contributed by atoms with E-state index in [4.69, 9.17) is 0 Å². The van der Waals surface area contributed by atoms with Crippen LogP contribution in [0.25, 0.3) is 0 Å². The zero-order valence-electron chi connectivity index (χ0n) is 15.0. The van der Waals surface area contributed by atoms with Crippen LogP contribution in [-0.2, 0) is 22.9 Å². The minimum atomic E-state index is -4.68. The third kappa shape index (κ3) is 4.99. The average Bonchev–Trinajstić information content (AvgIpc) is 3.03. The number of ether oxygens (including phenoxy) is 1. The first-order valence-electron chi connectivity index (χ1n) is 8.54. The smallest absolute Gasteiger partial charge is 0.422 e. The van der Waals surface area contributed by atoms with E-state index < -0.39 is 46.5 Å². The van der Waals surface area contributed by atoms with Crippen LogP contribution >= 0.6 is 0 Å². The van der Waals surface area contributed by atoms with Gasteiger partial charge in [0.15, 0.2) is 18.2 Å². The summed E-state index contributed by atoms with van der Waals surface area (Å²) in [7, 11) is -4.28. The summed E-state index contributed by atoms with van der Waals surface area (Å²) in [6, 6.07) is 2.48. The molecule has 0 saturated carbocycles. The minimum absolute atomic E-state index is 0.113. The Kier molecular flexibility index (Phi) is 5.69. The lowest BCUT2D eigenvalue weighted by Crippen LogP contribution is -2.29. The van der Waals surface area contributed by atoms with Crippen LogP contribution in [0.3, 0.4) is 0 Å². The molecule has 0 fully saturated rings. The van der Waals surface area contributed by atoms with Crippen LogP contribution in [0.2, 0.25) is 0 Å². The molecule has 0 spiro atoms. The molecule has 0 radical (unpaired) electrons. The molecule has 166 valence electrons. The topological polar surface area (TPSA) is 71.2 Å². The summed E-state index contributed by atoms with van der Waals surface area (Å²) in [6.45, 7) is -1.72. The fourth-order valence-corrected chi connectivity index (χ4v) is 4.48. The van der Waals surface area contributed by atoms with E-state index in [2.05, 4.69) is 14.4 Å². The van der Waals surface area contributed by atoms with Crippen LogP contribution in [0.5, 0.6) is 5.75 Å². The first-order valence-corrected chi connectivity index (χ1v) is 10.0. The minimum Gasteiger partial charge on any atom is -0.481 e. The fourth-order valence-electron chi connectivity index (χ4n) is 3.17. The largest absolute Gasteiger partial charge is 0.481 e. The predicted molar refractivity (Wildman–Crippen MR) is 91.1 cm³/mol. The second kappa shape index (κ2) is 7.67. The highest BCUT2D eigenvalue weighted by Gasteiger charge is 2.42. The van der Waals surface area contributed by atoms with E-state index in [0.29, 0.717) is 6.07 Å². The molecule has 2 N–H and O–H groups in total. The first kappa shape index (κ1) is 22.2. The van der Waals surface area contributed by atoms with Crippen molar-refractivity contribution >= 4 is 15.7 Å². The quantitative estimate of drug-likeness (QED) is 0.643. The molecule has 1 heterocycles. The van der Waals surface area contributed by atoms with Gasteiger partial charge in [0.25, 0.3) is 10.0 Å². The Morgan fingerprint density at radius 1 is 1.17 bits per heavy atom. The predicted octanol–water partition coefficient (Wildman–Crippen LogP) is 4.56. The molecule has 0 aliphatic heterocycles. The number of fused-ring (bicyclic) bond motifs is 1. The first-order chi connectivity index (χ1) is 13.8. The Bertz CT molecular complexity index is 1030. The number of anilines is 1. The van der Waals surface area contributed by atoms with Crippen LogP contribution in [0.15, 0.2) is 29.3 Å². The summed E-state index contributed by atoms with van der Waals surface area (Å²) in [4.78, 5) is 2.28. The molecule has 1 aliphatic carbocycles. The van der Waals surface area contributed by atoms with Crippen molar-refractivity contribution < 1.29 is 43.9 Å². The number of benzene rings is 1. The van der Waals surface area contributed by atoms with Gasteiger partial charge in [-0.25, -0.2) is 12.8 Å². The van der Waals surface area contributed by atoms with Crippen molar-refractivity contribution in [2.45, 2.75) is 36.5 Å². The van der Waals surface area contributed by atoms with Crippen LogP contribution in [0.1, 0.15) is 17.7 Å². The molecule has 2 aromatic rings. The van der Waals surface area contributed by atoms with Gasteiger partial charge in [-0.05, 0) is 37.0 Å². The second-order valence-electron chi connectivity index (χ2n) is 6.75. The molecular weight excluding hydrogens is 445 g/mol. The molecule has 5 nitrogen and oxygen atoms in total. The number of hydrogen-bond donors (Lipinski definition) is 2. The number of hydrogen-bond acceptors (Lipinski definition) is 3. The number of rotatable bonds is 5. The fraction of sp³-hybridized carbons (Fsp3) is 0.412. The molecule has 30 heavy (non-hydrogen) atoms. The van der Waals surface area contributed by atoms with E-state index in [9.17, 15) is 39.2 Å². The van der Waals surface area contributed by atoms with E-state index in [1.54, 1.807) is 0 Å². The third-order valence-corrected chi connectivity index (χ3v) is 6.01. The van der Waals surface area contributed by atoms with Crippen LogP contribution < -0.4 is 9.46 Å².